The average molecular weight is 409 g/mol. The predicted molar refractivity (Wildman–Crippen MR) is 116 cm³/mol. The summed E-state index contributed by atoms with van der Waals surface area (Å²) in [6, 6.07) is 7.57. The third-order valence-electron chi connectivity index (χ3n) is 6.45. The molecular weight excluding hydrogens is 380 g/mol. The van der Waals surface area contributed by atoms with Crippen molar-refractivity contribution in [3.63, 3.8) is 0 Å². The SMILES string of the molecule is CC(=O)c1c(C)[nH]c(C(=O)C(C)N2CCC(n3c(=O)[nH]c4ccccc43)CC2)c1C. The fourth-order valence-electron chi connectivity index (χ4n) is 4.87. The Balaban J connectivity index is 1.50. The fourth-order valence-corrected chi connectivity index (χ4v) is 4.87. The zero-order valence-corrected chi connectivity index (χ0v) is 17.9. The quantitative estimate of drug-likeness (QED) is 0.633. The minimum absolute atomic E-state index is 0.00538. The summed E-state index contributed by atoms with van der Waals surface area (Å²) >= 11 is 0. The zero-order valence-electron chi connectivity index (χ0n) is 17.9. The summed E-state index contributed by atoms with van der Waals surface area (Å²) in [6.45, 7) is 8.58. The van der Waals surface area contributed by atoms with Crippen LogP contribution in [0.3, 0.4) is 0 Å². The van der Waals surface area contributed by atoms with Crippen molar-refractivity contribution in [3.05, 3.63) is 57.3 Å². The Bertz CT molecular complexity index is 1170. The summed E-state index contributed by atoms with van der Waals surface area (Å²) in [5.41, 5.74) is 4.33. The van der Waals surface area contributed by atoms with E-state index in [-0.39, 0.29) is 29.3 Å². The second-order valence-corrected chi connectivity index (χ2v) is 8.31. The van der Waals surface area contributed by atoms with Crippen molar-refractivity contribution in [2.45, 2.75) is 52.6 Å². The van der Waals surface area contributed by atoms with Gasteiger partial charge in [-0.1, -0.05) is 12.1 Å². The third kappa shape index (κ3) is 3.33. The monoisotopic (exact) mass is 408 g/mol. The van der Waals surface area contributed by atoms with Crippen LogP contribution in [0.1, 0.15) is 64.8 Å². The number of carbonyl (C=O) groups is 2. The van der Waals surface area contributed by atoms with Gasteiger partial charge in [0.2, 0.25) is 0 Å². The van der Waals surface area contributed by atoms with Gasteiger partial charge in [-0.3, -0.25) is 19.1 Å². The van der Waals surface area contributed by atoms with Crippen molar-refractivity contribution >= 4 is 22.6 Å². The van der Waals surface area contributed by atoms with Gasteiger partial charge < -0.3 is 9.97 Å². The molecule has 0 saturated carbocycles. The lowest BCUT2D eigenvalue weighted by atomic mass is 9.99. The van der Waals surface area contributed by atoms with E-state index in [1.807, 2.05) is 49.6 Å². The number of benzene rings is 1. The summed E-state index contributed by atoms with van der Waals surface area (Å²) in [4.78, 5) is 45.7. The maximum absolute atomic E-state index is 13.1. The molecule has 1 fully saturated rings. The molecule has 0 radical (unpaired) electrons. The smallest absolute Gasteiger partial charge is 0.326 e. The molecule has 2 N–H and O–H groups in total. The number of aromatic amines is 2. The summed E-state index contributed by atoms with van der Waals surface area (Å²) in [7, 11) is 0. The molecule has 0 amide bonds. The highest BCUT2D eigenvalue weighted by atomic mass is 16.1. The van der Waals surface area contributed by atoms with Crippen molar-refractivity contribution in [3.8, 4) is 0 Å². The van der Waals surface area contributed by atoms with Crippen molar-refractivity contribution in [1.29, 1.82) is 0 Å². The van der Waals surface area contributed by atoms with E-state index in [1.165, 1.54) is 6.92 Å². The standard InChI is InChI=1S/C23H28N4O3/c1-13-20(16(4)28)14(2)24-21(13)22(29)15(3)26-11-9-17(10-12-26)27-19-8-6-5-7-18(19)25-23(27)30/h5-8,15,17,24H,9-12H2,1-4H3,(H,25,30). The lowest BCUT2D eigenvalue weighted by Crippen LogP contribution is -2.45. The molecule has 3 aromatic rings. The van der Waals surface area contributed by atoms with Crippen LogP contribution in [-0.2, 0) is 0 Å². The van der Waals surface area contributed by atoms with E-state index in [2.05, 4.69) is 14.9 Å². The number of fused-ring (bicyclic) bond motifs is 1. The molecule has 2 aromatic heterocycles. The molecule has 3 heterocycles. The number of rotatable bonds is 5. The average Bonchev–Trinajstić information content (AvgIpc) is 3.22. The minimum Gasteiger partial charge on any atom is -0.355 e. The molecule has 4 rings (SSSR count). The van der Waals surface area contributed by atoms with Gasteiger partial charge in [0.1, 0.15) is 0 Å². The Labute approximate surface area is 175 Å². The molecule has 0 spiro atoms. The number of imidazole rings is 1. The van der Waals surface area contributed by atoms with Gasteiger partial charge in [-0.2, -0.15) is 0 Å². The number of aromatic nitrogens is 3. The van der Waals surface area contributed by atoms with Crippen LogP contribution in [0.2, 0.25) is 0 Å². The van der Waals surface area contributed by atoms with Crippen LogP contribution in [0.5, 0.6) is 0 Å². The normalized spacial score (nSPS) is 16.8. The number of nitrogens with zero attached hydrogens (tertiary/aromatic N) is 2. The number of hydrogen-bond donors (Lipinski definition) is 2. The Morgan fingerprint density at radius 3 is 2.40 bits per heavy atom. The molecule has 1 saturated heterocycles. The first kappa shape index (κ1) is 20.3. The van der Waals surface area contributed by atoms with Crippen LogP contribution in [0.15, 0.2) is 29.1 Å². The summed E-state index contributed by atoms with van der Waals surface area (Å²) in [5.74, 6) is -0.0243. The van der Waals surface area contributed by atoms with Crippen LogP contribution in [-0.4, -0.2) is 50.1 Å². The molecule has 1 atom stereocenters. The van der Waals surface area contributed by atoms with E-state index in [0.29, 0.717) is 11.3 Å². The Morgan fingerprint density at radius 2 is 1.77 bits per heavy atom. The number of carbonyl (C=O) groups excluding carboxylic acids is 2. The van der Waals surface area contributed by atoms with Gasteiger partial charge in [0, 0.05) is 30.4 Å². The molecule has 7 heteroatoms. The molecule has 7 nitrogen and oxygen atoms in total. The van der Waals surface area contributed by atoms with Gasteiger partial charge >= 0.3 is 5.69 Å². The largest absolute Gasteiger partial charge is 0.355 e. The van der Waals surface area contributed by atoms with Gasteiger partial charge in [-0.05, 0) is 58.2 Å². The van der Waals surface area contributed by atoms with Gasteiger partial charge in [-0.25, -0.2) is 4.79 Å². The molecular formula is C23H28N4O3. The van der Waals surface area contributed by atoms with Crippen molar-refractivity contribution in [1.82, 2.24) is 19.4 Å². The van der Waals surface area contributed by atoms with E-state index < -0.39 is 0 Å². The van der Waals surface area contributed by atoms with Crippen LogP contribution in [0.4, 0.5) is 0 Å². The van der Waals surface area contributed by atoms with Gasteiger partial charge in [-0.15, -0.1) is 0 Å². The van der Waals surface area contributed by atoms with Crippen LogP contribution < -0.4 is 5.69 Å². The number of para-hydroxylation sites is 2. The number of nitrogens with one attached hydrogen (secondary N) is 2. The molecule has 158 valence electrons. The van der Waals surface area contributed by atoms with E-state index in [9.17, 15) is 14.4 Å². The molecule has 1 aliphatic rings. The predicted octanol–water partition coefficient (Wildman–Crippen LogP) is 3.39. The maximum Gasteiger partial charge on any atom is 0.326 e. The second-order valence-electron chi connectivity index (χ2n) is 8.31. The zero-order chi connectivity index (χ0) is 21.6. The van der Waals surface area contributed by atoms with Gasteiger partial charge in [0.05, 0.1) is 22.8 Å². The third-order valence-corrected chi connectivity index (χ3v) is 6.45. The van der Waals surface area contributed by atoms with Crippen molar-refractivity contribution in [2.24, 2.45) is 0 Å². The lowest BCUT2D eigenvalue weighted by Gasteiger charge is -2.35. The number of H-pyrrole nitrogens is 2. The van der Waals surface area contributed by atoms with E-state index >= 15 is 0 Å². The second kappa shape index (κ2) is 7.72. The Kier molecular flexibility index (Phi) is 5.24. The summed E-state index contributed by atoms with van der Waals surface area (Å²) < 4.78 is 1.86. The highest BCUT2D eigenvalue weighted by Gasteiger charge is 2.31. The van der Waals surface area contributed by atoms with Crippen LogP contribution in [0, 0.1) is 13.8 Å². The molecule has 1 unspecified atom stereocenters. The molecule has 0 bridgehead atoms. The number of piperidine rings is 1. The van der Waals surface area contributed by atoms with E-state index in [0.717, 1.165) is 48.2 Å². The van der Waals surface area contributed by atoms with Crippen molar-refractivity contribution in [2.75, 3.05) is 13.1 Å². The number of aryl methyl sites for hydroxylation is 1. The highest BCUT2D eigenvalue weighted by Crippen LogP contribution is 2.27. The van der Waals surface area contributed by atoms with Crippen LogP contribution in [0.25, 0.3) is 11.0 Å². The first-order valence-corrected chi connectivity index (χ1v) is 10.5. The van der Waals surface area contributed by atoms with Gasteiger partial charge in [0.15, 0.2) is 11.6 Å². The first-order valence-electron chi connectivity index (χ1n) is 10.5. The number of Topliss-reactive ketones (excluding diaryl/α,β-unsaturated/α-hetero) is 2. The number of ketones is 2. The molecule has 30 heavy (non-hydrogen) atoms. The lowest BCUT2D eigenvalue weighted by molar-refractivity contribution is 0.0771. The minimum atomic E-state index is -0.290. The van der Waals surface area contributed by atoms with E-state index in [4.69, 9.17) is 0 Å². The summed E-state index contributed by atoms with van der Waals surface area (Å²) in [6.07, 6.45) is 1.61. The van der Waals surface area contributed by atoms with Gasteiger partial charge in [0.25, 0.3) is 0 Å². The fraction of sp³-hybridized carbons (Fsp3) is 0.435. The molecule has 1 aliphatic heterocycles. The Morgan fingerprint density at radius 1 is 1.10 bits per heavy atom. The summed E-state index contributed by atoms with van der Waals surface area (Å²) in [5, 5.41) is 0. The van der Waals surface area contributed by atoms with E-state index in [1.54, 1.807) is 0 Å². The van der Waals surface area contributed by atoms with Crippen LogP contribution >= 0.6 is 0 Å². The maximum atomic E-state index is 13.1. The molecule has 0 aliphatic carbocycles. The topological polar surface area (TPSA) is 91.0 Å². The Hall–Kier alpha value is -2.93. The highest BCUT2D eigenvalue weighted by molar-refractivity contribution is 6.05. The van der Waals surface area contributed by atoms with Crippen molar-refractivity contribution < 1.29 is 9.59 Å². The molecule has 1 aromatic carbocycles. The number of likely N-dealkylation sites (tertiary alicyclic amines) is 1. The number of hydrogen-bond acceptors (Lipinski definition) is 4. The first-order chi connectivity index (χ1) is 14.3.